The molecule has 0 radical (unpaired) electrons. The van der Waals surface area contributed by atoms with Crippen molar-refractivity contribution in [3.8, 4) is 0 Å². The van der Waals surface area contributed by atoms with Gasteiger partial charge in [-0.15, -0.1) is 12.4 Å². The second kappa shape index (κ2) is 7.42. The van der Waals surface area contributed by atoms with E-state index >= 15 is 0 Å². The SMILES string of the molecule is CC[C@H](c1c(F)cccc1C(F)(F)F)N1CCNCC1.Cl. The van der Waals surface area contributed by atoms with Gasteiger partial charge in [0.05, 0.1) is 5.56 Å². The van der Waals surface area contributed by atoms with Gasteiger partial charge in [0, 0.05) is 37.8 Å². The van der Waals surface area contributed by atoms with Crippen LogP contribution in [0.3, 0.4) is 0 Å². The minimum absolute atomic E-state index is 0. The molecule has 0 spiro atoms. The van der Waals surface area contributed by atoms with Crippen LogP contribution in [0.4, 0.5) is 17.6 Å². The van der Waals surface area contributed by atoms with Crippen molar-refractivity contribution in [1.82, 2.24) is 10.2 Å². The summed E-state index contributed by atoms with van der Waals surface area (Å²) >= 11 is 0. The average molecular weight is 327 g/mol. The van der Waals surface area contributed by atoms with Crippen molar-refractivity contribution in [3.05, 3.63) is 35.1 Å². The lowest BCUT2D eigenvalue weighted by Gasteiger charge is -2.36. The van der Waals surface area contributed by atoms with Crippen molar-refractivity contribution < 1.29 is 17.6 Å². The molecule has 0 saturated carbocycles. The van der Waals surface area contributed by atoms with E-state index in [1.807, 2.05) is 4.90 Å². The Hall–Kier alpha value is -0.850. The van der Waals surface area contributed by atoms with Crippen LogP contribution in [0.15, 0.2) is 18.2 Å². The highest BCUT2D eigenvalue weighted by molar-refractivity contribution is 5.85. The van der Waals surface area contributed by atoms with Crippen LogP contribution in [0, 0.1) is 5.82 Å². The van der Waals surface area contributed by atoms with E-state index in [1.165, 1.54) is 0 Å². The third kappa shape index (κ3) is 4.08. The van der Waals surface area contributed by atoms with Crippen molar-refractivity contribution >= 4 is 12.4 Å². The lowest BCUT2D eigenvalue weighted by Crippen LogP contribution is -2.45. The zero-order valence-electron chi connectivity index (χ0n) is 11.7. The zero-order valence-corrected chi connectivity index (χ0v) is 12.5. The zero-order chi connectivity index (χ0) is 14.8. The summed E-state index contributed by atoms with van der Waals surface area (Å²) in [4.78, 5) is 1.92. The number of piperazine rings is 1. The monoisotopic (exact) mass is 326 g/mol. The van der Waals surface area contributed by atoms with Gasteiger partial charge in [-0.25, -0.2) is 4.39 Å². The maximum absolute atomic E-state index is 14.0. The fourth-order valence-electron chi connectivity index (χ4n) is 2.76. The molecule has 2 rings (SSSR count). The van der Waals surface area contributed by atoms with Crippen LogP contribution in [-0.4, -0.2) is 31.1 Å². The number of nitrogens with zero attached hydrogens (tertiary/aromatic N) is 1. The number of hydrogen-bond donors (Lipinski definition) is 1. The van der Waals surface area contributed by atoms with Gasteiger partial charge in [-0.05, 0) is 18.6 Å². The summed E-state index contributed by atoms with van der Waals surface area (Å²) < 4.78 is 53.3. The van der Waals surface area contributed by atoms with Crippen LogP contribution >= 0.6 is 12.4 Å². The van der Waals surface area contributed by atoms with E-state index < -0.39 is 23.6 Å². The number of hydrogen-bond acceptors (Lipinski definition) is 2. The molecule has 21 heavy (non-hydrogen) atoms. The smallest absolute Gasteiger partial charge is 0.314 e. The summed E-state index contributed by atoms with van der Waals surface area (Å²) in [6, 6.07) is 2.65. The minimum Gasteiger partial charge on any atom is -0.314 e. The molecule has 0 amide bonds. The molecule has 7 heteroatoms. The maximum Gasteiger partial charge on any atom is 0.416 e. The number of halogens is 5. The van der Waals surface area contributed by atoms with E-state index in [0.717, 1.165) is 18.2 Å². The fraction of sp³-hybridized carbons (Fsp3) is 0.571. The van der Waals surface area contributed by atoms with Crippen LogP contribution in [0.1, 0.15) is 30.5 Å². The molecule has 1 saturated heterocycles. The largest absolute Gasteiger partial charge is 0.416 e. The van der Waals surface area contributed by atoms with Crippen LogP contribution < -0.4 is 5.32 Å². The Labute approximate surface area is 127 Å². The van der Waals surface area contributed by atoms with Gasteiger partial charge in [-0.1, -0.05) is 13.0 Å². The molecule has 1 aromatic carbocycles. The molecule has 1 atom stereocenters. The topological polar surface area (TPSA) is 15.3 Å². The molecule has 1 heterocycles. The van der Waals surface area contributed by atoms with E-state index in [2.05, 4.69) is 5.32 Å². The first-order valence-corrected chi connectivity index (χ1v) is 6.75. The normalized spacial score (nSPS) is 18.1. The Kier molecular flexibility index (Phi) is 6.43. The molecule has 0 bridgehead atoms. The molecular weight excluding hydrogens is 308 g/mol. The van der Waals surface area contributed by atoms with Gasteiger partial charge >= 0.3 is 6.18 Å². The summed E-state index contributed by atoms with van der Waals surface area (Å²) in [5.41, 5.74) is -1.08. The summed E-state index contributed by atoms with van der Waals surface area (Å²) in [5, 5.41) is 3.15. The Morgan fingerprint density at radius 3 is 2.38 bits per heavy atom. The van der Waals surface area contributed by atoms with Gasteiger partial charge in [-0.3, -0.25) is 4.90 Å². The van der Waals surface area contributed by atoms with Crippen molar-refractivity contribution in [2.45, 2.75) is 25.6 Å². The molecule has 1 aliphatic rings. The van der Waals surface area contributed by atoms with Gasteiger partial charge < -0.3 is 5.32 Å². The molecule has 0 aromatic heterocycles. The number of rotatable bonds is 3. The number of nitrogens with one attached hydrogen (secondary N) is 1. The quantitative estimate of drug-likeness (QED) is 0.853. The summed E-state index contributed by atoms with van der Waals surface area (Å²) in [7, 11) is 0. The predicted octanol–water partition coefficient (Wildman–Crippen LogP) is 3.62. The van der Waals surface area contributed by atoms with Gasteiger partial charge in [-0.2, -0.15) is 13.2 Å². The minimum atomic E-state index is -4.53. The predicted molar refractivity (Wildman–Crippen MR) is 76.1 cm³/mol. The lowest BCUT2D eigenvalue weighted by molar-refractivity contribution is -0.139. The Morgan fingerprint density at radius 2 is 1.86 bits per heavy atom. The maximum atomic E-state index is 14.0. The molecule has 0 unspecified atom stereocenters. The first-order chi connectivity index (χ1) is 9.45. The number of alkyl halides is 3. The molecule has 0 aliphatic carbocycles. The fourth-order valence-corrected chi connectivity index (χ4v) is 2.76. The second-order valence-electron chi connectivity index (χ2n) is 4.91. The number of benzene rings is 1. The van der Waals surface area contributed by atoms with Crippen LogP contribution in [-0.2, 0) is 6.18 Å². The summed E-state index contributed by atoms with van der Waals surface area (Å²) in [5.74, 6) is -0.773. The van der Waals surface area contributed by atoms with E-state index in [1.54, 1.807) is 6.92 Å². The Balaban J connectivity index is 0.00000220. The van der Waals surface area contributed by atoms with E-state index in [9.17, 15) is 17.6 Å². The second-order valence-corrected chi connectivity index (χ2v) is 4.91. The van der Waals surface area contributed by atoms with Gasteiger partial charge in [0.15, 0.2) is 0 Å². The molecular formula is C14H19ClF4N2. The van der Waals surface area contributed by atoms with Crippen LogP contribution in [0.2, 0.25) is 0 Å². The van der Waals surface area contributed by atoms with Crippen molar-refractivity contribution in [3.63, 3.8) is 0 Å². The highest BCUT2D eigenvalue weighted by Gasteiger charge is 2.37. The van der Waals surface area contributed by atoms with E-state index in [4.69, 9.17) is 0 Å². The molecule has 1 fully saturated rings. The first-order valence-electron chi connectivity index (χ1n) is 6.75. The van der Waals surface area contributed by atoms with Crippen molar-refractivity contribution in [1.29, 1.82) is 0 Å². The molecule has 1 aromatic rings. The summed E-state index contributed by atoms with van der Waals surface area (Å²) in [6.45, 7) is 4.48. The third-order valence-corrected chi connectivity index (χ3v) is 3.67. The lowest BCUT2D eigenvalue weighted by atomic mass is 9.95. The van der Waals surface area contributed by atoms with Crippen molar-refractivity contribution in [2.75, 3.05) is 26.2 Å². The molecule has 2 nitrogen and oxygen atoms in total. The first kappa shape index (κ1) is 18.2. The average Bonchev–Trinajstić information content (AvgIpc) is 2.41. The molecule has 1 N–H and O–H groups in total. The van der Waals surface area contributed by atoms with Gasteiger partial charge in [0.1, 0.15) is 5.82 Å². The molecule has 120 valence electrons. The van der Waals surface area contributed by atoms with Crippen LogP contribution in [0.5, 0.6) is 0 Å². The summed E-state index contributed by atoms with van der Waals surface area (Å²) in [6.07, 6.45) is -4.08. The van der Waals surface area contributed by atoms with Gasteiger partial charge in [0.25, 0.3) is 0 Å². The third-order valence-electron chi connectivity index (χ3n) is 3.67. The highest BCUT2D eigenvalue weighted by atomic mass is 35.5. The van der Waals surface area contributed by atoms with E-state index in [0.29, 0.717) is 32.6 Å². The Morgan fingerprint density at radius 1 is 1.24 bits per heavy atom. The van der Waals surface area contributed by atoms with E-state index in [-0.39, 0.29) is 18.0 Å². The van der Waals surface area contributed by atoms with Gasteiger partial charge in [0.2, 0.25) is 0 Å². The van der Waals surface area contributed by atoms with Crippen molar-refractivity contribution in [2.24, 2.45) is 0 Å². The molecule has 1 aliphatic heterocycles. The van der Waals surface area contributed by atoms with Crippen LogP contribution in [0.25, 0.3) is 0 Å². The highest BCUT2D eigenvalue weighted by Crippen LogP contribution is 2.38. The Bertz CT molecular complexity index is 459. The standard InChI is InChI=1S/C14H18F4N2.ClH/c1-2-12(20-8-6-19-7-9-20)13-10(14(16,17)18)4-3-5-11(13)15;/h3-5,12,19H,2,6-9H2,1H3;1H/t12-;/m1./s1.